The topological polar surface area (TPSA) is 106 Å². The third kappa shape index (κ3) is 4.87. The molecule has 0 atom stereocenters. The number of methoxy groups -OCH3 is 1. The number of amides is 1. The molecule has 2 aromatic heterocycles. The zero-order chi connectivity index (χ0) is 25.1. The second-order valence-corrected chi connectivity index (χ2v) is 8.56. The van der Waals surface area contributed by atoms with Gasteiger partial charge in [0.2, 0.25) is 11.8 Å². The molecule has 3 heterocycles. The molecule has 1 aliphatic rings. The van der Waals surface area contributed by atoms with E-state index in [0.29, 0.717) is 39.9 Å². The van der Waals surface area contributed by atoms with Crippen molar-refractivity contribution < 1.29 is 23.4 Å². The molecule has 10 nitrogen and oxygen atoms in total. The Balaban J connectivity index is 1.27. The molecule has 0 saturated carbocycles. The van der Waals surface area contributed by atoms with Gasteiger partial charge in [-0.05, 0) is 24.6 Å². The van der Waals surface area contributed by atoms with Crippen LogP contribution in [0.25, 0.3) is 21.8 Å². The van der Waals surface area contributed by atoms with Crippen molar-refractivity contribution in [3.05, 3.63) is 42.6 Å². The van der Waals surface area contributed by atoms with Crippen LogP contribution in [0.3, 0.4) is 0 Å². The van der Waals surface area contributed by atoms with E-state index in [4.69, 9.17) is 14.2 Å². The van der Waals surface area contributed by atoms with Gasteiger partial charge in [0.05, 0.1) is 41.7 Å². The van der Waals surface area contributed by atoms with E-state index >= 15 is 0 Å². The van der Waals surface area contributed by atoms with Gasteiger partial charge in [-0.3, -0.25) is 14.8 Å². The lowest BCUT2D eigenvalue weighted by atomic mass is 10.2. The molecule has 2 aromatic carbocycles. The van der Waals surface area contributed by atoms with Crippen molar-refractivity contribution in [1.29, 1.82) is 0 Å². The molecule has 1 fully saturated rings. The molecule has 0 radical (unpaired) electrons. The molecule has 0 bridgehead atoms. The summed E-state index contributed by atoms with van der Waals surface area (Å²) in [6.45, 7) is 6.25. The van der Waals surface area contributed by atoms with E-state index in [-0.39, 0.29) is 17.5 Å². The van der Waals surface area contributed by atoms with Crippen molar-refractivity contribution in [2.75, 3.05) is 46.4 Å². The third-order valence-electron chi connectivity index (χ3n) is 6.31. The van der Waals surface area contributed by atoms with Crippen LogP contribution in [0.5, 0.6) is 23.1 Å². The number of nitrogens with one attached hydrogen (secondary N) is 1. The Hall–Kier alpha value is -3.99. The van der Waals surface area contributed by atoms with Gasteiger partial charge in [0, 0.05) is 45.7 Å². The van der Waals surface area contributed by atoms with Crippen molar-refractivity contribution in [2.24, 2.45) is 0 Å². The van der Waals surface area contributed by atoms with Crippen molar-refractivity contribution in [3.63, 3.8) is 0 Å². The summed E-state index contributed by atoms with van der Waals surface area (Å²) in [6, 6.07) is 6.72. The summed E-state index contributed by atoms with van der Waals surface area (Å²) in [5.74, 6) is 0.902. The first-order valence-electron chi connectivity index (χ1n) is 11.8. The lowest BCUT2D eigenvalue weighted by Crippen LogP contribution is -2.48. The number of hydrogen-bond donors (Lipinski definition) is 1. The van der Waals surface area contributed by atoms with E-state index in [1.807, 2.05) is 4.90 Å². The van der Waals surface area contributed by atoms with Gasteiger partial charge in [-0.15, -0.1) is 0 Å². The van der Waals surface area contributed by atoms with Crippen LogP contribution in [0, 0.1) is 5.82 Å². The highest BCUT2D eigenvalue weighted by Gasteiger charge is 2.19. The average Bonchev–Trinajstić information content (AvgIpc) is 3.38. The maximum Gasteiger partial charge on any atom is 0.230 e. The van der Waals surface area contributed by atoms with E-state index in [1.54, 1.807) is 32.2 Å². The number of ether oxygens (including phenoxy) is 3. The standard InChI is InChI=1S/C25H27FN6O4/c1-16(33)32-9-7-31(8-10-32)6-3-11-35-23-13-20-17(12-22(23)34-2)25(28-15-27-20)36-21-5-4-19-18(24(21)26)14-29-30-19/h4-5,12-15H,3,6-11H2,1-2H3,(H,29,30). The van der Waals surface area contributed by atoms with Crippen LogP contribution >= 0.6 is 0 Å². The molecule has 5 rings (SSSR count). The Morgan fingerprint density at radius 2 is 1.92 bits per heavy atom. The summed E-state index contributed by atoms with van der Waals surface area (Å²) in [6.07, 6.45) is 3.60. The highest BCUT2D eigenvalue weighted by Crippen LogP contribution is 2.37. The smallest absolute Gasteiger partial charge is 0.230 e. The van der Waals surface area contributed by atoms with Gasteiger partial charge in [-0.1, -0.05) is 0 Å². The van der Waals surface area contributed by atoms with Gasteiger partial charge in [-0.25, -0.2) is 14.4 Å². The SMILES string of the molecule is COc1cc2c(Oc3ccc4[nH]ncc4c3F)ncnc2cc1OCCCN1CCN(C(C)=O)CC1. The van der Waals surface area contributed by atoms with Crippen LogP contribution in [0.4, 0.5) is 4.39 Å². The van der Waals surface area contributed by atoms with Gasteiger partial charge in [0.15, 0.2) is 23.1 Å². The Morgan fingerprint density at radius 1 is 1.08 bits per heavy atom. The molecular weight excluding hydrogens is 467 g/mol. The van der Waals surface area contributed by atoms with Gasteiger partial charge in [0.1, 0.15) is 6.33 Å². The average molecular weight is 495 g/mol. The minimum absolute atomic E-state index is 0.0346. The number of rotatable bonds is 8. The van der Waals surface area contributed by atoms with E-state index in [9.17, 15) is 9.18 Å². The van der Waals surface area contributed by atoms with Crippen LogP contribution in [0.15, 0.2) is 36.8 Å². The van der Waals surface area contributed by atoms with Crippen LogP contribution in [-0.2, 0) is 4.79 Å². The maximum atomic E-state index is 14.9. The third-order valence-corrected chi connectivity index (χ3v) is 6.31. The molecule has 1 saturated heterocycles. The molecule has 0 spiro atoms. The lowest BCUT2D eigenvalue weighted by Gasteiger charge is -2.34. The summed E-state index contributed by atoms with van der Waals surface area (Å²) in [5.41, 5.74) is 1.16. The Labute approximate surface area is 207 Å². The molecule has 1 N–H and O–H groups in total. The van der Waals surface area contributed by atoms with E-state index in [1.165, 1.54) is 18.6 Å². The number of halogens is 1. The molecule has 188 valence electrons. The number of benzene rings is 2. The molecule has 1 aliphatic heterocycles. The van der Waals surface area contributed by atoms with Crippen LogP contribution in [0.1, 0.15) is 13.3 Å². The molecular formula is C25H27FN6O4. The molecule has 0 aliphatic carbocycles. The number of nitrogens with zero attached hydrogens (tertiary/aromatic N) is 5. The zero-order valence-electron chi connectivity index (χ0n) is 20.2. The van der Waals surface area contributed by atoms with Crippen LogP contribution < -0.4 is 14.2 Å². The van der Waals surface area contributed by atoms with Gasteiger partial charge >= 0.3 is 0 Å². The Bertz CT molecular complexity index is 1390. The maximum absolute atomic E-state index is 14.9. The number of carbonyl (C=O) groups is 1. The number of H-pyrrole nitrogens is 1. The van der Waals surface area contributed by atoms with E-state index in [0.717, 1.165) is 39.1 Å². The summed E-state index contributed by atoms with van der Waals surface area (Å²) >= 11 is 0. The number of fused-ring (bicyclic) bond motifs is 2. The predicted molar refractivity (Wildman–Crippen MR) is 131 cm³/mol. The Kier molecular flexibility index (Phi) is 6.81. The second kappa shape index (κ2) is 10.3. The molecule has 4 aromatic rings. The van der Waals surface area contributed by atoms with Crippen molar-refractivity contribution in [2.45, 2.75) is 13.3 Å². The quantitative estimate of drug-likeness (QED) is 0.372. The van der Waals surface area contributed by atoms with Gasteiger partial charge in [-0.2, -0.15) is 5.10 Å². The van der Waals surface area contributed by atoms with Crippen molar-refractivity contribution in [3.8, 4) is 23.1 Å². The number of hydrogen-bond acceptors (Lipinski definition) is 8. The lowest BCUT2D eigenvalue weighted by molar-refractivity contribution is -0.130. The van der Waals surface area contributed by atoms with Crippen LogP contribution in [0.2, 0.25) is 0 Å². The molecule has 11 heteroatoms. The van der Waals surface area contributed by atoms with Gasteiger partial charge < -0.3 is 19.1 Å². The molecule has 1 amide bonds. The molecule has 0 unspecified atom stereocenters. The first kappa shape index (κ1) is 23.7. The second-order valence-electron chi connectivity index (χ2n) is 8.56. The summed E-state index contributed by atoms with van der Waals surface area (Å²) < 4.78 is 32.3. The monoisotopic (exact) mass is 494 g/mol. The first-order valence-corrected chi connectivity index (χ1v) is 11.8. The van der Waals surface area contributed by atoms with Crippen molar-refractivity contribution in [1.82, 2.24) is 30.0 Å². The highest BCUT2D eigenvalue weighted by atomic mass is 19.1. The minimum atomic E-state index is -0.525. The predicted octanol–water partition coefficient (Wildman–Crippen LogP) is 3.38. The normalized spacial score (nSPS) is 14.4. The zero-order valence-corrected chi connectivity index (χ0v) is 20.2. The summed E-state index contributed by atoms with van der Waals surface area (Å²) in [7, 11) is 1.55. The first-order chi connectivity index (χ1) is 17.5. The van der Waals surface area contributed by atoms with E-state index < -0.39 is 5.82 Å². The Morgan fingerprint density at radius 3 is 2.69 bits per heavy atom. The largest absolute Gasteiger partial charge is 0.493 e. The fraction of sp³-hybridized carbons (Fsp3) is 0.360. The highest BCUT2D eigenvalue weighted by molar-refractivity contribution is 5.87. The number of piperazine rings is 1. The number of aromatic nitrogens is 4. The molecule has 36 heavy (non-hydrogen) atoms. The minimum Gasteiger partial charge on any atom is -0.493 e. The summed E-state index contributed by atoms with van der Waals surface area (Å²) in [5, 5.41) is 7.49. The fourth-order valence-electron chi connectivity index (χ4n) is 4.30. The van der Waals surface area contributed by atoms with Crippen molar-refractivity contribution >= 4 is 27.7 Å². The van der Waals surface area contributed by atoms with E-state index in [2.05, 4.69) is 25.1 Å². The number of carbonyl (C=O) groups excluding carboxylic acids is 1. The van der Waals surface area contributed by atoms with Crippen LogP contribution in [-0.4, -0.2) is 82.3 Å². The fourth-order valence-corrected chi connectivity index (χ4v) is 4.30. The summed E-state index contributed by atoms with van der Waals surface area (Å²) in [4.78, 5) is 24.2. The van der Waals surface area contributed by atoms with Gasteiger partial charge in [0.25, 0.3) is 0 Å². The number of aromatic amines is 1.